The van der Waals surface area contributed by atoms with Gasteiger partial charge >= 0.3 is 0 Å². The Morgan fingerprint density at radius 1 is 1.50 bits per heavy atom. The van der Waals surface area contributed by atoms with Crippen molar-refractivity contribution in [2.24, 2.45) is 11.0 Å². The minimum absolute atomic E-state index is 0.401. The predicted octanol–water partition coefficient (Wildman–Crippen LogP) is 1.27. The van der Waals surface area contributed by atoms with Gasteiger partial charge in [0.25, 0.3) is 0 Å². The van der Waals surface area contributed by atoms with Gasteiger partial charge in [-0.3, -0.25) is 4.84 Å². The second-order valence-electron chi connectivity index (χ2n) is 6.86. The summed E-state index contributed by atoms with van der Waals surface area (Å²) >= 11 is 0. The number of rotatable bonds is 7. The number of allylic oxidation sites excluding steroid dienone is 2. The molecular formula is C17H28N4O5. The lowest BCUT2D eigenvalue weighted by molar-refractivity contribution is -0.309. The molecule has 0 saturated carbocycles. The fraction of sp³-hybridized carbons (Fsp3) is 0.765. The minimum Gasteiger partial charge on any atom is -0.394 e. The van der Waals surface area contributed by atoms with Gasteiger partial charge in [0.2, 0.25) is 0 Å². The largest absolute Gasteiger partial charge is 0.394 e. The summed E-state index contributed by atoms with van der Waals surface area (Å²) in [6.07, 6.45) is 0.316. The van der Waals surface area contributed by atoms with Gasteiger partial charge in [-0.15, -0.1) is 0 Å². The molecule has 0 spiro atoms. The smallest absolute Gasteiger partial charge is 0.162 e. The summed E-state index contributed by atoms with van der Waals surface area (Å²) in [5.74, 6) is 0.483. The quantitative estimate of drug-likeness (QED) is 0.204. The molecular weight excluding hydrogens is 340 g/mol. The molecule has 1 aliphatic heterocycles. The van der Waals surface area contributed by atoms with Crippen LogP contribution in [0.5, 0.6) is 0 Å². The number of azide groups is 1. The van der Waals surface area contributed by atoms with Crippen molar-refractivity contribution in [1.82, 2.24) is 5.06 Å². The van der Waals surface area contributed by atoms with E-state index in [1.54, 1.807) is 0 Å². The van der Waals surface area contributed by atoms with E-state index in [0.29, 0.717) is 12.5 Å². The second kappa shape index (κ2) is 9.48. The first-order valence-electron chi connectivity index (χ1n) is 8.73. The van der Waals surface area contributed by atoms with Crippen molar-refractivity contribution in [3.63, 3.8) is 0 Å². The molecule has 1 unspecified atom stereocenters. The molecule has 6 atom stereocenters. The Bertz CT molecular complexity index is 576. The number of nitrogens with zero attached hydrogens (tertiary/aromatic N) is 4. The molecule has 0 bridgehead atoms. The van der Waals surface area contributed by atoms with Gasteiger partial charge in [-0.2, -0.15) is 5.06 Å². The number of ether oxygens (including phenoxy) is 1. The normalized spacial score (nSPS) is 34.9. The maximum Gasteiger partial charge on any atom is 0.162 e. The highest BCUT2D eigenvalue weighted by Crippen LogP contribution is 2.31. The maximum atomic E-state index is 10.4. The highest BCUT2D eigenvalue weighted by atomic mass is 16.7. The third-order valence-corrected chi connectivity index (χ3v) is 5.13. The van der Waals surface area contributed by atoms with Crippen LogP contribution < -0.4 is 0 Å². The van der Waals surface area contributed by atoms with Crippen LogP contribution in [0.3, 0.4) is 0 Å². The van der Waals surface area contributed by atoms with Gasteiger partial charge < -0.3 is 20.1 Å². The fourth-order valence-electron chi connectivity index (χ4n) is 3.46. The van der Waals surface area contributed by atoms with Crippen LogP contribution in [0.25, 0.3) is 10.4 Å². The van der Waals surface area contributed by atoms with Crippen LogP contribution in [0.4, 0.5) is 0 Å². The summed E-state index contributed by atoms with van der Waals surface area (Å²) < 4.78 is 5.67. The van der Waals surface area contributed by atoms with E-state index >= 15 is 0 Å². The molecule has 146 valence electrons. The molecule has 0 amide bonds. The Labute approximate surface area is 153 Å². The lowest BCUT2D eigenvalue weighted by atomic mass is 9.85. The van der Waals surface area contributed by atoms with Crippen molar-refractivity contribution < 1.29 is 24.9 Å². The zero-order valence-corrected chi connectivity index (χ0v) is 15.2. The lowest BCUT2D eigenvalue weighted by Crippen LogP contribution is -2.62. The first-order valence-corrected chi connectivity index (χ1v) is 8.73. The van der Waals surface area contributed by atoms with E-state index in [0.717, 1.165) is 24.8 Å². The Morgan fingerprint density at radius 3 is 2.73 bits per heavy atom. The van der Waals surface area contributed by atoms with Gasteiger partial charge in [0, 0.05) is 11.5 Å². The van der Waals surface area contributed by atoms with Crippen LogP contribution in [0.2, 0.25) is 0 Å². The van der Waals surface area contributed by atoms with Crippen LogP contribution in [0.1, 0.15) is 26.2 Å². The van der Waals surface area contributed by atoms with Crippen molar-refractivity contribution in [2.75, 3.05) is 20.3 Å². The molecule has 9 nitrogen and oxygen atoms in total. The molecule has 1 heterocycles. The van der Waals surface area contributed by atoms with Gasteiger partial charge in [0.1, 0.15) is 6.10 Å². The molecule has 1 saturated heterocycles. The fourth-order valence-corrected chi connectivity index (χ4v) is 3.46. The molecule has 1 aliphatic carbocycles. The molecule has 0 aromatic heterocycles. The summed E-state index contributed by atoms with van der Waals surface area (Å²) in [6, 6.07) is -1.07. The lowest BCUT2D eigenvalue weighted by Gasteiger charge is -2.44. The van der Waals surface area contributed by atoms with Crippen LogP contribution in [-0.2, 0) is 9.57 Å². The summed E-state index contributed by atoms with van der Waals surface area (Å²) in [5, 5.41) is 35.0. The molecule has 2 aliphatic rings. The number of hydrogen-bond donors (Lipinski definition) is 3. The van der Waals surface area contributed by atoms with Crippen LogP contribution in [0, 0.1) is 5.92 Å². The third-order valence-electron chi connectivity index (χ3n) is 5.13. The highest BCUT2D eigenvalue weighted by Gasteiger charge is 2.46. The zero-order valence-electron chi connectivity index (χ0n) is 15.2. The summed E-state index contributed by atoms with van der Waals surface area (Å²) in [4.78, 5) is 8.02. The number of aliphatic hydroxyl groups excluding tert-OH is 3. The number of aliphatic hydroxyl groups is 3. The Kier molecular flexibility index (Phi) is 7.60. The molecule has 0 aromatic carbocycles. The predicted molar refractivity (Wildman–Crippen MR) is 94.6 cm³/mol. The molecule has 0 radical (unpaired) electrons. The first-order chi connectivity index (χ1) is 12.4. The number of hydroxylamine groups is 2. The van der Waals surface area contributed by atoms with Gasteiger partial charge in [-0.1, -0.05) is 28.9 Å². The molecule has 26 heavy (non-hydrogen) atoms. The van der Waals surface area contributed by atoms with E-state index in [2.05, 4.69) is 22.7 Å². The minimum atomic E-state index is -1.37. The van der Waals surface area contributed by atoms with E-state index in [1.165, 1.54) is 17.7 Å². The number of hydrogen-bond acceptors (Lipinski definition) is 7. The van der Waals surface area contributed by atoms with E-state index in [1.807, 2.05) is 6.92 Å². The van der Waals surface area contributed by atoms with Crippen molar-refractivity contribution in [3.8, 4) is 0 Å². The Hall–Kier alpha value is -1.45. The van der Waals surface area contributed by atoms with Crippen LogP contribution >= 0.6 is 0 Å². The van der Waals surface area contributed by atoms with Crippen LogP contribution in [-0.4, -0.2) is 71.2 Å². The van der Waals surface area contributed by atoms with Gasteiger partial charge in [0.05, 0.1) is 32.0 Å². The van der Waals surface area contributed by atoms with Crippen molar-refractivity contribution in [2.45, 2.75) is 56.8 Å². The molecule has 3 N–H and O–H groups in total. The molecule has 9 heteroatoms. The summed E-state index contributed by atoms with van der Waals surface area (Å²) in [6.45, 7) is 5.99. The van der Waals surface area contributed by atoms with E-state index in [-0.39, 0.29) is 0 Å². The van der Waals surface area contributed by atoms with E-state index in [9.17, 15) is 15.3 Å². The SMILES string of the molecule is C=C(C)[C@@H]1CC=C(CN(OC)C2O[C@H](CO)[C@@H](N=[N+]=[N-])[C@H](O)[C@H]2O)CC1. The van der Waals surface area contributed by atoms with Crippen molar-refractivity contribution in [3.05, 3.63) is 34.2 Å². The van der Waals surface area contributed by atoms with Gasteiger partial charge in [0.15, 0.2) is 6.23 Å². The second-order valence-corrected chi connectivity index (χ2v) is 6.86. The maximum absolute atomic E-state index is 10.4. The summed E-state index contributed by atoms with van der Waals surface area (Å²) in [5.41, 5.74) is 10.9. The standard InChI is InChI=1S/C17H28N4O5/c1-10(2)12-6-4-11(5-7-12)8-21(25-3)17-16(24)15(23)14(19-20-18)13(9-22)26-17/h4,12-17,22-24H,1,5-9H2,2-3H3/t12-,13-,14-,15+,16-,17?/m1/s1. The summed E-state index contributed by atoms with van der Waals surface area (Å²) in [7, 11) is 1.45. The molecule has 2 rings (SSSR count). The van der Waals surface area contributed by atoms with Crippen LogP contribution in [0.15, 0.2) is 28.9 Å². The van der Waals surface area contributed by atoms with Gasteiger partial charge in [-0.05, 0) is 37.6 Å². The van der Waals surface area contributed by atoms with E-state index < -0.39 is 37.2 Å². The monoisotopic (exact) mass is 368 g/mol. The first kappa shape index (κ1) is 20.9. The topological polar surface area (TPSA) is 131 Å². The van der Waals surface area contributed by atoms with Gasteiger partial charge in [-0.25, -0.2) is 0 Å². The average molecular weight is 368 g/mol. The average Bonchev–Trinajstić information content (AvgIpc) is 2.64. The van der Waals surface area contributed by atoms with Crippen molar-refractivity contribution >= 4 is 0 Å². The zero-order chi connectivity index (χ0) is 19.3. The molecule has 0 aromatic rings. The Morgan fingerprint density at radius 2 is 2.23 bits per heavy atom. The molecule has 1 fully saturated rings. The Balaban J connectivity index is 2.09. The van der Waals surface area contributed by atoms with Crippen molar-refractivity contribution in [1.29, 1.82) is 0 Å². The highest BCUT2D eigenvalue weighted by molar-refractivity contribution is 5.13. The third kappa shape index (κ3) is 4.63. The van der Waals surface area contributed by atoms with E-state index in [4.69, 9.17) is 15.1 Å².